The number of imidazole rings is 1. The molecule has 1 saturated heterocycles. The van der Waals surface area contributed by atoms with Crippen LogP contribution in [0.3, 0.4) is 0 Å². The highest BCUT2D eigenvalue weighted by molar-refractivity contribution is 5.98. The molecule has 2 N–H and O–H groups in total. The van der Waals surface area contributed by atoms with Gasteiger partial charge in [0.25, 0.3) is 5.91 Å². The second-order valence-electron chi connectivity index (χ2n) is 11.8. The molecule has 0 aliphatic carbocycles. The van der Waals surface area contributed by atoms with Gasteiger partial charge in [-0.05, 0) is 99.0 Å². The number of piperidine rings is 1. The van der Waals surface area contributed by atoms with Gasteiger partial charge in [-0.1, -0.05) is 27.7 Å². The highest BCUT2D eigenvalue weighted by atomic mass is 16.5. The first kappa shape index (κ1) is 29.6. The largest absolute Gasteiger partial charge is 0.465 e. The van der Waals surface area contributed by atoms with Crippen LogP contribution in [-0.2, 0) is 11.3 Å². The summed E-state index contributed by atoms with van der Waals surface area (Å²) in [5, 5.41) is 6.91. The standard InChI is InChI=1S/C32H45N5O3/c1-22(2)14-18-36(19-15-23(3)4)30(38)26-8-11-28-29(20-26)37(21-24-12-16-33-17-13-24)32(35-28)34-27-9-6-25(7-10-27)31(39)40-5/h6-11,20,22-24,33H,12-19,21H2,1-5H3,(H,34,35). The Balaban J connectivity index is 1.66. The maximum absolute atomic E-state index is 13.8. The summed E-state index contributed by atoms with van der Waals surface area (Å²) >= 11 is 0. The van der Waals surface area contributed by atoms with Gasteiger partial charge in [0.2, 0.25) is 5.95 Å². The number of nitrogens with zero attached hydrogens (tertiary/aromatic N) is 3. The van der Waals surface area contributed by atoms with E-state index in [4.69, 9.17) is 9.72 Å². The van der Waals surface area contributed by atoms with Crippen molar-refractivity contribution in [3.8, 4) is 0 Å². The summed E-state index contributed by atoms with van der Waals surface area (Å²) in [6.45, 7) is 13.2. The lowest BCUT2D eigenvalue weighted by atomic mass is 9.98. The number of benzene rings is 2. The third-order valence-corrected chi connectivity index (χ3v) is 7.70. The third kappa shape index (κ3) is 7.62. The molecular weight excluding hydrogens is 502 g/mol. The molecule has 1 aromatic heterocycles. The Morgan fingerprint density at radius 2 is 1.62 bits per heavy atom. The first-order chi connectivity index (χ1) is 19.2. The van der Waals surface area contributed by atoms with Crippen molar-refractivity contribution in [1.29, 1.82) is 0 Å². The highest BCUT2D eigenvalue weighted by Crippen LogP contribution is 2.28. The van der Waals surface area contributed by atoms with Gasteiger partial charge in [0.05, 0.1) is 23.7 Å². The van der Waals surface area contributed by atoms with Gasteiger partial charge >= 0.3 is 5.97 Å². The number of rotatable bonds is 12. The van der Waals surface area contributed by atoms with Gasteiger partial charge in [-0.15, -0.1) is 0 Å². The fraction of sp³-hybridized carbons (Fsp3) is 0.531. The summed E-state index contributed by atoms with van der Waals surface area (Å²) in [5.74, 6) is 2.06. The number of aromatic nitrogens is 2. The molecule has 40 heavy (non-hydrogen) atoms. The molecule has 0 atom stereocenters. The molecule has 0 unspecified atom stereocenters. The second-order valence-corrected chi connectivity index (χ2v) is 11.8. The molecule has 0 bridgehead atoms. The van der Waals surface area contributed by atoms with E-state index < -0.39 is 0 Å². The lowest BCUT2D eigenvalue weighted by molar-refractivity contribution is 0.0600. The molecular formula is C32H45N5O3. The zero-order chi connectivity index (χ0) is 28.6. The van der Waals surface area contributed by atoms with Gasteiger partial charge < -0.3 is 24.8 Å². The number of esters is 1. The number of carbonyl (C=O) groups excluding carboxylic acids is 2. The molecule has 0 radical (unpaired) electrons. The number of fused-ring (bicyclic) bond motifs is 1. The Kier molecular flexibility index (Phi) is 10.2. The zero-order valence-corrected chi connectivity index (χ0v) is 24.7. The summed E-state index contributed by atoms with van der Waals surface area (Å²) in [7, 11) is 1.38. The Hall–Kier alpha value is -3.39. The van der Waals surface area contributed by atoms with E-state index >= 15 is 0 Å². The summed E-state index contributed by atoms with van der Waals surface area (Å²) in [4.78, 5) is 32.6. The van der Waals surface area contributed by atoms with Gasteiger partial charge in [0, 0.05) is 30.9 Å². The summed E-state index contributed by atoms with van der Waals surface area (Å²) in [5.41, 5.74) is 3.86. The molecule has 1 aliphatic heterocycles. The number of carbonyl (C=O) groups is 2. The minimum atomic E-state index is -0.363. The van der Waals surface area contributed by atoms with E-state index in [2.05, 4.69) is 42.9 Å². The first-order valence-electron chi connectivity index (χ1n) is 14.7. The maximum atomic E-state index is 13.8. The number of nitrogens with one attached hydrogen (secondary N) is 2. The van der Waals surface area contributed by atoms with Crippen LogP contribution in [0.15, 0.2) is 42.5 Å². The fourth-order valence-electron chi connectivity index (χ4n) is 5.12. The normalized spacial score (nSPS) is 14.2. The van der Waals surface area contributed by atoms with Crippen molar-refractivity contribution >= 4 is 34.5 Å². The van der Waals surface area contributed by atoms with Gasteiger partial charge in [0.15, 0.2) is 0 Å². The van der Waals surface area contributed by atoms with Crippen molar-refractivity contribution < 1.29 is 14.3 Å². The number of amides is 1. The number of methoxy groups -OCH3 is 1. The average Bonchev–Trinajstić information content (AvgIpc) is 3.28. The van der Waals surface area contributed by atoms with Crippen LogP contribution in [0, 0.1) is 17.8 Å². The Labute approximate surface area is 238 Å². The molecule has 3 aromatic rings. The van der Waals surface area contributed by atoms with Crippen molar-refractivity contribution in [2.24, 2.45) is 17.8 Å². The van der Waals surface area contributed by atoms with Crippen LogP contribution in [-0.4, -0.2) is 59.6 Å². The Morgan fingerprint density at radius 3 is 2.23 bits per heavy atom. The van der Waals surface area contributed by atoms with E-state index in [1.165, 1.54) is 7.11 Å². The minimum Gasteiger partial charge on any atom is -0.465 e. The summed E-state index contributed by atoms with van der Waals surface area (Å²) < 4.78 is 7.05. The summed E-state index contributed by atoms with van der Waals surface area (Å²) in [6, 6.07) is 13.1. The van der Waals surface area contributed by atoms with Gasteiger partial charge in [-0.25, -0.2) is 9.78 Å². The SMILES string of the molecule is COC(=O)c1ccc(Nc2nc3ccc(C(=O)N(CCC(C)C)CCC(C)C)cc3n2CC2CCNCC2)cc1. The van der Waals surface area contributed by atoms with Crippen LogP contribution in [0.5, 0.6) is 0 Å². The maximum Gasteiger partial charge on any atom is 0.337 e. The second kappa shape index (κ2) is 13.8. The van der Waals surface area contributed by atoms with Gasteiger partial charge in [0.1, 0.15) is 0 Å². The quantitative estimate of drug-likeness (QED) is 0.266. The van der Waals surface area contributed by atoms with Crippen LogP contribution in [0.25, 0.3) is 11.0 Å². The van der Waals surface area contributed by atoms with E-state index in [9.17, 15) is 9.59 Å². The van der Waals surface area contributed by atoms with E-state index in [0.29, 0.717) is 28.9 Å². The van der Waals surface area contributed by atoms with Crippen molar-refractivity contribution in [2.45, 2.75) is 59.9 Å². The van der Waals surface area contributed by atoms with Crippen molar-refractivity contribution in [3.05, 3.63) is 53.6 Å². The van der Waals surface area contributed by atoms with E-state index in [1.54, 1.807) is 12.1 Å². The van der Waals surface area contributed by atoms with Crippen molar-refractivity contribution in [1.82, 2.24) is 19.8 Å². The number of hydrogen-bond donors (Lipinski definition) is 2. The topological polar surface area (TPSA) is 88.5 Å². The van der Waals surface area contributed by atoms with Crippen molar-refractivity contribution in [3.63, 3.8) is 0 Å². The van der Waals surface area contributed by atoms with E-state index in [0.717, 1.165) is 81.1 Å². The molecule has 1 amide bonds. The van der Waals surface area contributed by atoms with Crippen molar-refractivity contribution in [2.75, 3.05) is 38.6 Å². The molecule has 2 heterocycles. The van der Waals surface area contributed by atoms with Gasteiger partial charge in [-0.2, -0.15) is 0 Å². The molecule has 4 rings (SSSR count). The molecule has 0 saturated carbocycles. The van der Waals surface area contributed by atoms with E-state index in [1.807, 2.05) is 35.2 Å². The zero-order valence-electron chi connectivity index (χ0n) is 24.7. The smallest absolute Gasteiger partial charge is 0.337 e. The predicted molar refractivity (Wildman–Crippen MR) is 161 cm³/mol. The molecule has 0 spiro atoms. The molecule has 2 aromatic carbocycles. The van der Waals surface area contributed by atoms with Gasteiger partial charge in [-0.3, -0.25) is 4.79 Å². The van der Waals surface area contributed by atoms with Crippen LogP contribution in [0.2, 0.25) is 0 Å². The fourth-order valence-corrected chi connectivity index (χ4v) is 5.12. The molecule has 1 fully saturated rings. The third-order valence-electron chi connectivity index (χ3n) is 7.70. The molecule has 8 nitrogen and oxygen atoms in total. The molecule has 8 heteroatoms. The van der Waals surface area contributed by atoms with Crippen LogP contribution >= 0.6 is 0 Å². The monoisotopic (exact) mass is 547 g/mol. The van der Waals surface area contributed by atoms with Crippen LogP contribution in [0.1, 0.15) is 74.1 Å². The lowest BCUT2D eigenvalue weighted by Gasteiger charge is -2.25. The minimum absolute atomic E-state index is 0.0886. The van der Waals surface area contributed by atoms with Crippen LogP contribution in [0.4, 0.5) is 11.6 Å². The number of hydrogen-bond acceptors (Lipinski definition) is 6. The number of ether oxygens (including phenoxy) is 1. The summed E-state index contributed by atoms with van der Waals surface area (Å²) in [6.07, 6.45) is 4.18. The average molecular weight is 548 g/mol. The molecule has 216 valence electrons. The van der Waals surface area contributed by atoms with E-state index in [-0.39, 0.29) is 11.9 Å². The molecule has 1 aliphatic rings. The predicted octanol–water partition coefficient (Wildman–Crippen LogP) is 6.10. The van der Waals surface area contributed by atoms with Crippen LogP contribution < -0.4 is 10.6 Å². The Bertz CT molecular complexity index is 1260. The first-order valence-corrected chi connectivity index (χ1v) is 14.7. The lowest BCUT2D eigenvalue weighted by Crippen LogP contribution is -2.34. The Morgan fingerprint density at radius 1 is 1.00 bits per heavy atom. The highest BCUT2D eigenvalue weighted by Gasteiger charge is 2.22. The number of anilines is 2.